The first-order valence-electron chi connectivity index (χ1n) is 11.3. The van der Waals surface area contributed by atoms with Crippen LogP contribution in [0, 0.1) is 5.92 Å². The molecule has 0 aromatic carbocycles. The number of hydrogen-bond acceptors (Lipinski definition) is 2. The number of aliphatic hydroxyl groups excluding tert-OH is 1. The van der Waals surface area contributed by atoms with Crippen LogP contribution in [-0.4, -0.2) is 23.2 Å². The normalized spacial score (nSPS) is 32.7. The Labute approximate surface area is 189 Å². The Morgan fingerprint density at radius 3 is 2.52 bits per heavy atom. The number of hydrogen-bond donors (Lipinski definition) is 2. The third-order valence-electron chi connectivity index (χ3n) is 4.88. The van der Waals surface area contributed by atoms with Crippen molar-refractivity contribution in [2.45, 2.75) is 65.5 Å². The van der Waals surface area contributed by atoms with Crippen molar-refractivity contribution in [3.63, 3.8) is 0 Å². The molecule has 0 saturated heterocycles. The van der Waals surface area contributed by atoms with Gasteiger partial charge in [-0.25, -0.2) is 0 Å². The van der Waals surface area contributed by atoms with E-state index in [1.165, 1.54) is 0 Å². The van der Waals surface area contributed by atoms with Gasteiger partial charge in [0.2, 0.25) is 5.91 Å². The molecule has 0 fully saturated rings. The van der Waals surface area contributed by atoms with Crippen LogP contribution in [0.2, 0.25) is 0 Å². The van der Waals surface area contributed by atoms with Gasteiger partial charge in [-0.15, -0.1) is 0 Å². The first-order chi connectivity index (χ1) is 14.9. The molecule has 0 bridgehead atoms. The van der Waals surface area contributed by atoms with Crippen molar-refractivity contribution in [2.24, 2.45) is 5.92 Å². The molecule has 1 aliphatic rings. The molecular weight excluding hydrogens is 382 g/mol. The van der Waals surface area contributed by atoms with E-state index in [1.807, 2.05) is 62.5 Å². The van der Waals surface area contributed by atoms with E-state index >= 15 is 0 Å². The lowest BCUT2D eigenvalue weighted by Gasteiger charge is -2.14. The first-order valence-corrected chi connectivity index (χ1v) is 11.3. The van der Waals surface area contributed by atoms with Crippen molar-refractivity contribution in [2.75, 3.05) is 0 Å². The van der Waals surface area contributed by atoms with Crippen molar-refractivity contribution in [1.82, 2.24) is 5.32 Å². The molecule has 0 aromatic heterocycles. The van der Waals surface area contributed by atoms with E-state index in [2.05, 4.69) is 43.5 Å². The average molecular weight is 422 g/mol. The molecule has 0 spiro atoms. The predicted molar refractivity (Wildman–Crippen MR) is 134 cm³/mol. The smallest absolute Gasteiger partial charge is 0.244 e. The summed E-state index contributed by atoms with van der Waals surface area (Å²) in [6, 6.07) is 0.0570. The second-order valence-corrected chi connectivity index (χ2v) is 8.00. The molecule has 1 rings (SSSR count). The van der Waals surface area contributed by atoms with Crippen LogP contribution in [0.25, 0.3) is 0 Å². The minimum Gasteiger partial charge on any atom is -0.388 e. The molecule has 3 nitrogen and oxygen atoms in total. The van der Waals surface area contributed by atoms with Crippen LogP contribution in [0.3, 0.4) is 0 Å². The van der Waals surface area contributed by atoms with Crippen LogP contribution in [0.15, 0.2) is 96.2 Å². The maximum absolute atomic E-state index is 12.3. The highest BCUT2D eigenvalue weighted by atomic mass is 16.3. The number of allylic oxidation sites excluding steroid dienone is 11. The number of nitrogens with one attached hydrogen (secondary N) is 1. The fraction of sp³-hybridized carbons (Fsp3) is 0.393. The van der Waals surface area contributed by atoms with Gasteiger partial charge in [0.05, 0.1) is 6.10 Å². The van der Waals surface area contributed by atoms with Gasteiger partial charge in [-0.2, -0.15) is 0 Å². The lowest BCUT2D eigenvalue weighted by atomic mass is 10.0. The fourth-order valence-electron chi connectivity index (χ4n) is 2.91. The number of aliphatic hydroxyl groups is 1. The molecular formula is C28H39NO2. The van der Waals surface area contributed by atoms with Gasteiger partial charge in [0.15, 0.2) is 0 Å². The van der Waals surface area contributed by atoms with Crippen molar-refractivity contribution in [3.8, 4) is 0 Å². The summed E-state index contributed by atoms with van der Waals surface area (Å²) in [5, 5.41) is 13.4. The maximum Gasteiger partial charge on any atom is 0.244 e. The average Bonchev–Trinajstić information content (AvgIpc) is 2.73. The van der Waals surface area contributed by atoms with Crippen molar-refractivity contribution in [1.29, 1.82) is 0 Å². The van der Waals surface area contributed by atoms with Crippen LogP contribution < -0.4 is 5.32 Å². The Hall–Kier alpha value is -2.65. The molecule has 0 radical (unpaired) electrons. The second kappa shape index (κ2) is 16.1. The standard InChI is InChI=1S/C28H39NO2/c1-5-6-7-8-19-26-20-13-10-16-23(2)15-9-12-18-25(4)27(30)22-24(3)17-11-14-21-28(31)29-26/h7-18,21-22,25-27,30H,5-6,19-20H2,1-4H3,(H,29,31)/b8-7+,13-10+,15-9+,17-11+,18-12-,21-14+,23-16+,24-22-. The van der Waals surface area contributed by atoms with Gasteiger partial charge in [0.25, 0.3) is 0 Å². The Balaban J connectivity index is 3.01. The quantitative estimate of drug-likeness (QED) is 0.524. The van der Waals surface area contributed by atoms with E-state index in [0.29, 0.717) is 0 Å². The van der Waals surface area contributed by atoms with E-state index in [0.717, 1.165) is 36.8 Å². The third kappa shape index (κ3) is 13.3. The molecule has 0 saturated carbocycles. The van der Waals surface area contributed by atoms with Crippen LogP contribution in [0.4, 0.5) is 0 Å². The van der Waals surface area contributed by atoms with Crippen LogP contribution in [0.1, 0.15) is 53.4 Å². The monoisotopic (exact) mass is 421 g/mol. The molecule has 1 amide bonds. The minimum absolute atomic E-state index is 0.00686. The Kier molecular flexibility index (Phi) is 13.7. The molecule has 3 atom stereocenters. The summed E-state index contributed by atoms with van der Waals surface area (Å²) in [5.74, 6) is -0.0937. The molecule has 2 N–H and O–H groups in total. The SMILES string of the molecule is CCC/C=C/CC1C/C=C/C=C(C)/C=C/C=C\C(C)C(O)\C=C(C)/C=C/C=C/C(=O)N1. The van der Waals surface area contributed by atoms with Crippen molar-refractivity contribution >= 4 is 5.91 Å². The molecule has 3 heteroatoms. The fourth-order valence-corrected chi connectivity index (χ4v) is 2.91. The second-order valence-electron chi connectivity index (χ2n) is 8.00. The van der Waals surface area contributed by atoms with E-state index in [9.17, 15) is 9.90 Å². The van der Waals surface area contributed by atoms with E-state index in [-0.39, 0.29) is 17.9 Å². The molecule has 1 heterocycles. The number of carbonyl (C=O) groups excluding carboxylic acids is 1. The van der Waals surface area contributed by atoms with Crippen LogP contribution in [0.5, 0.6) is 0 Å². The number of amides is 1. The first kappa shape index (κ1) is 26.4. The number of rotatable bonds is 4. The summed E-state index contributed by atoms with van der Waals surface area (Å²) >= 11 is 0. The summed E-state index contributed by atoms with van der Waals surface area (Å²) < 4.78 is 0. The molecule has 168 valence electrons. The van der Waals surface area contributed by atoms with Gasteiger partial charge < -0.3 is 10.4 Å². The maximum atomic E-state index is 12.3. The van der Waals surface area contributed by atoms with Crippen molar-refractivity contribution in [3.05, 3.63) is 96.2 Å². The highest BCUT2D eigenvalue weighted by molar-refractivity contribution is 5.88. The molecule has 31 heavy (non-hydrogen) atoms. The lowest BCUT2D eigenvalue weighted by Crippen LogP contribution is -2.32. The topological polar surface area (TPSA) is 49.3 Å². The van der Waals surface area contributed by atoms with E-state index < -0.39 is 6.10 Å². The Bertz CT molecular complexity index is 775. The summed E-state index contributed by atoms with van der Waals surface area (Å²) in [6.07, 6.45) is 30.6. The van der Waals surface area contributed by atoms with E-state index in [4.69, 9.17) is 0 Å². The highest BCUT2D eigenvalue weighted by Crippen LogP contribution is 2.10. The predicted octanol–water partition coefficient (Wildman–Crippen LogP) is 6.29. The largest absolute Gasteiger partial charge is 0.388 e. The Morgan fingerprint density at radius 1 is 1.03 bits per heavy atom. The van der Waals surface area contributed by atoms with Gasteiger partial charge in [0.1, 0.15) is 0 Å². The van der Waals surface area contributed by atoms with Gasteiger partial charge in [-0.3, -0.25) is 4.79 Å². The number of unbranched alkanes of at least 4 members (excludes halogenated alkanes) is 1. The summed E-state index contributed by atoms with van der Waals surface area (Å²) in [6.45, 7) is 8.13. The summed E-state index contributed by atoms with van der Waals surface area (Å²) in [5.41, 5.74) is 2.08. The summed E-state index contributed by atoms with van der Waals surface area (Å²) in [4.78, 5) is 12.3. The van der Waals surface area contributed by atoms with Crippen LogP contribution in [-0.2, 0) is 4.79 Å². The van der Waals surface area contributed by atoms with Gasteiger partial charge >= 0.3 is 0 Å². The molecule has 3 unspecified atom stereocenters. The highest BCUT2D eigenvalue weighted by Gasteiger charge is 2.08. The zero-order valence-corrected chi connectivity index (χ0v) is 19.5. The molecule has 0 aromatic rings. The zero-order chi connectivity index (χ0) is 22.9. The Morgan fingerprint density at radius 2 is 1.74 bits per heavy atom. The summed E-state index contributed by atoms with van der Waals surface area (Å²) in [7, 11) is 0. The third-order valence-corrected chi connectivity index (χ3v) is 4.88. The van der Waals surface area contributed by atoms with Crippen LogP contribution >= 0.6 is 0 Å². The molecule has 1 aliphatic heterocycles. The van der Waals surface area contributed by atoms with Gasteiger partial charge in [-0.1, -0.05) is 110 Å². The number of carbonyl (C=O) groups is 1. The molecule has 0 aliphatic carbocycles. The zero-order valence-electron chi connectivity index (χ0n) is 19.5. The van der Waals surface area contributed by atoms with Gasteiger partial charge in [-0.05, 0) is 33.1 Å². The minimum atomic E-state index is -0.562. The van der Waals surface area contributed by atoms with Crippen molar-refractivity contribution < 1.29 is 9.90 Å². The van der Waals surface area contributed by atoms with Gasteiger partial charge in [0, 0.05) is 18.0 Å². The van der Waals surface area contributed by atoms with E-state index in [1.54, 1.807) is 12.2 Å². The lowest BCUT2D eigenvalue weighted by molar-refractivity contribution is -0.117.